The fourth-order valence-electron chi connectivity index (χ4n) is 2.88. The normalized spacial score (nSPS) is 21.7. The van der Waals surface area contributed by atoms with Crippen molar-refractivity contribution in [1.29, 1.82) is 0 Å². The zero-order valence-electron chi connectivity index (χ0n) is 12.9. The van der Waals surface area contributed by atoms with Crippen LogP contribution in [0, 0.1) is 5.92 Å². The number of nitrogens with zero attached hydrogens (tertiary/aromatic N) is 3. The number of likely N-dealkylation sites (tertiary alicyclic amines) is 1. The Kier molecular flexibility index (Phi) is 4.40. The third-order valence-corrected chi connectivity index (χ3v) is 4.25. The van der Waals surface area contributed by atoms with E-state index in [1.54, 1.807) is 0 Å². The topological polar surface area (TPSA) is 88.3 Å². The van der Waals surface area contributed by atoms with Crippen LogP contribution < -0.4 is 5.32 Å². The molecular weight excluding hydrogens is 284 g/mol. The molecule has 2 amide bonds. The van der Waals surface area contributed by atoms with E-state index in [2.05, 4.69) is 15.5 Å². The first kappa shape index (κ1) is 15.0. The maximum absolute atomic E-state index is 12.1. The SMILES string of the molecule is CC(=O)NCC(=O)N1CCC[C@@H](Cc2nc(C3CC3)no2)C1. The molecule has 1 aromatic heterocycles. The number of nitrogens with one attached hydrogen (secondary N) is 1. The molecule has 1 saturated carbocycles. The van der Waals surface area contributed by atoms with Gasteiger partial charge in [-0.1, -0.05) is 5.16 Å². The zero-order chi connectivity index (χ0) is 15.5. The van der Waals surface area contributed by atoms with E-state index in [0.29, 0.717) is 24.3 Å². The zero-order valence-corrected chi connectivity index (χ0v) is 12.9. The van der Waals surface area contributed by atoms with Gasteiger partial charge in [0.2, 0.25) is 17.7 Å². The van der Waals surface area contributed by atoms with E-state index in [1.165, 1.54) is 6.92 Å². The van der Waals surface area contributed by atoms with Crippen molar-refractivity contribution >= 4 is 11.8 Å². The lowest BCUT2D eigenvalue weighted by Gasteiger charge is -2.32. The van der Waals surface area contributed by atoms with Gasteiger partial charge in [0.25, 0.3) is 0 Å². The number of carbonyl (C=O) groups excluding carboxylic acids is 2. The molecule has 0 unspecified atom stereocenters. The van der Waals surface area contributed by atoms with E-state index in [-0.39, 0.29) is 18.4 Å². The lowest BCUT2D eigenvalue weighted by Crippen LogP contribution is -2.45. The van der Waals surface area contributed by atoms with Crippen LogP contribution in [0.5, 0.6) is 0 Å². The number of rotatable bonds is 5. The minimum Gasteiger partial charge on any atom is -0.347 e. The van der Waals surface area contributed by atoms with Gasteiger partial charge in [-0.3, -0.25) is 9.59 Å². The summed E-state index contributed by atoms with van der Waals surface area (Å²) in [6, 6.07) is 0. The molecular formula is C15H22N4O3. The smallest absolute Gasteiger partial charge is 0.241 e. The molecule has 0 aromatic carbocycles. The van der Waals surface area contributed by atoms with Gasteiger partial charge in [-0.2, -0.15) is 4.98 Å². The molecule has 7 heteroatoms. The molecule has 22 heavy (non-hydrogen) atoms. The van der Waals surface area contributed by atoms with Crippen LogP contribution in [0.3, 0.4) is 0 Å². The van der Waals surface area contributed by atoms with E-state index < -0.39 is 0 Å². The molecule has 0 spiro atoms. The molecule has 1 atom stereocenters. The van der Waals surface area contributed by atoms with Gasteiger partial charge < -0.3 is 14.7 Å². The molecule has 1 aliphatic heterocycles. The highest BCUT2D eigenvalue weighted by Crippen LogP contribution is 2.38. The Labute approximate surface area is 129 Å². The standard InChI is InChI=1S/C15H22N4O3/c1-10(20)16-8-14(21)19-6-2-3-11(9-19)7-13-17-15(18-22-13)12-4-5-12/h11-12H,2-9H2,1H3,(H,16,20)/t11-/m0/s1. The summed E-state index contributed by atoms with van der Waals surface area (Å²) >= 11 is 0. The van der Waals surface area contributed by atoms with Crippen LogP contribution in [-0.4, -0.2) is 46.5 Å². The van der Waals surface area contributed by atoms with Crippen LogP contribution in [0.25, 0.3) is 0 Å². The number of hydrogen-bond donors (Lipinski definition) is 1. The van der Waals surface area contributed by atoms with Crippen LogP contribution in [0.1, 0.15) is 50.2 Å². The number of carbonyl (C=O) groups is 2. The highest BCUT2D eigenvalue weighted by Gasteiger charge is 2.30. The molecule has 120 valence electrons. The second-order valence-electron chi connectivity index (χ2n) is 6.28. The second-order valence-corrected chi connectivity index (χ2v) is 6.28. The Morgan fingerprint density at radius 1 is 1.36 bits per heavy atom. The van der Waals surface area contributed by atoms with Gasteiger partial charge in [-0.15, -0.1) is 0 Å². The molecule has 2 heterocycles. The number of amides is 2. The fraction of sp³-hybridized carbons (Fsp3) is 0.733. The van der Waals surface area contributed by atoms with E-state index in [9.17, 15) is 9.59 Å². The summed E-state index contributed by atoms with van der Waals surface area (Å²) in [4.78, 5) is 29.2. The maximum atomic E-state index is 12.1. The first-order chi connectivity index (χ1) is 10.6. The summed E-state index contributed by atoms with van der Waals surface area (Å²) in [5, 5.41) is 6.59. The molecule has 3 rings (SSSR count). The second kappa shape index (κ2) is 6.46. The van der Waals surface area contributed by atoms with Crippen molar-refractivity contribution in [1.82, 2.24) is 20.4 Å². The van der Waals surface area contributed by atoms with Crippen molar-refractivity contribution in [3.63, 3.8) is 0 Å². The molecule has 0 radical (unpaired) electrons. The van der Waals surface area contributed by atoms with Gasteiger partial charge in [0.05, 0.1) is 6.54 Å². The summed E-state index contributed by atoms with van der Waals surface area (Å²) in [7, 11) is 0. The van der Waals surface area contributed by atoms with Crippen molar-refractivity contribution in [2.75, 3.05) is 19.6 Å². The van der Waals surface area contributed by atoms with Gasteiger partial charge in [-0.25, -0.2) is 0 Å². The van der Waals surface area contributed by atoms with Crippen molar-refractivity contribution in [3.05, 3.63) is 11.7 Å². The molecule has 1 N–H and O–H groups in total. The van der Waals surface area contributed by atoms with Crippen molar-refractivity contribution < 1.29 is 14.1 Å². The van der Waals surface area contributed by atoms with Gasteiger partial charge in [0.1, 0.15) is 0 Å². The number of piperidine rings is 1. The van der Waals surface area contributed by atoms with Crippen molar-refractivity contribution in [3.8, 4) is 0 Å². The quantitative estimate of drug-likeness (QED) is 0.872. The highest BCUT2D eigenvalue weighted by molar-refractivity contribution is 5.83. The summed E-state index contributed by atoms with van der Waals surface area (Å²) < 4.78 is 5.32. The summed E-state index contributed by atoms with van der Waals surface area (Å²) in [5.74, 6) is 2.17. The summed E-state index contributed by atoms with van der Waals surface area (Å²) in [6.07, 6.45) is 5.08. The molecule has 0 bridgehead atoms. The Morgan fingerprint density at radius 2 is 2.18 bits per heavy atom. The molecule has 7 nitrogen and oxygen atoms in total. The minimum atomic E-state index is -0.180. The average Bonchev–Trinajstić information content (AvgIpc) is 3.25. The molecule has 2 aliphatic rings. The minimum absolute atomic E-state index is 0.0240. The van der Waals surface area contributed by atoms with E-state index in [4.69, 9.17) is 4.52 Å². The molecule has 1 saturated heterocycles. The van der Waals surface area contributed by atoms with Gasteiger partial charge >= 0.3 is 0 Å². The summed E-state index contributed by atoms with van der Waals surface area (Å²) in [6.45, 7) is 2.94. The number of aromatic nitrogens is 2. The Morgan fingerprint density at radius 3 is 2.91 bits per heavy atom. The maximum Gasteiger partial charge on any atom is 0.241 e. The highest BCUT2D eigenvalue weighted by atomic mass is 16.5. The fourth-order valence-corrected chi connectivity index (χ4v) is 2.88. The predicted molar refractivity (Wildman–Crippen MR) is 78.0 cm³/mol. The lowest BCUT2D eigenvalue weighted by molar-refractivity contribution is -0.134. The molecule has 1 aromatic rings. The predicted octanol–water partition coefficient (Wildman–Crippen LogP) is 0.864. The summed E-state index contributed by atoms with van der Waals surface area (Å²) in [5.41, 5.74) is 0. The van der Waals surface area contributed by atoms with Crippen LogP contribution >= 0.6 is 0 Å². The first-order valence-electron chi connectivity index (χ1n) is 7.96. The Bertz CT molecular complexity index is 553. The monoisotopic (exact) mass is 306 g/mol. The van der Waals surface area contributed by atoms with Crippen LogP contribution in [0.4, 0.5) is 0 Å². The third kappa shape index (κ3) is 3.84. The molecule has 1 aliphatic carbocycles. The van der Waals surface area contributed by atoms with Gasteiger partial charge in [0.15, 0.2) is 5.82 Å². The van der Waals surface area contributed by atoms with E-state index >= 15 is 0 Å². The number of hydrogen-bond acceptors (Lipinski definition) is 5. The average molecular weight is 306 g/mol. The lowest BCUT2D eigenvalue weighted by atomic mass is 9.94. The van der Waals surface area contributed by atoms with Crippen molar-refractivity contribution in [2.24, 2.45) is 5.92 Å². The largest absolute Gasteiger partial charge is 0.347 e. The van der Waals surface area contributed by atoms with Crippen molar-refractivity contribution in [2.45, 2.75) is 44.9 Å². The Hall–Kier alpha value is -1.92. The van der Waals surface area contributed by atoms with Crippen LogP contribution in [0.2, 0.25) is 0 Å². The molecule has 2 fully saturated rings. The first-order valence-corrected chi connectivity index (χ1v) is 7.96. The van der Waals surface area contributed by atoms with E-state index in [1.807, 2.05) is 4.90 Å². The Balaban J connectivity index is 1.51. The van der Waals surface area contributed by atoms with Crippen LogP contribution in [0.15, 0.2) is 4.52 Å². The van der Waals surface area contributed by atoms with Gasteiger partial charge in [-0.05, 0) is 31.6 Å². The third-order valence-electron chi connectivity index (χ3n) is 4.25. The van der Waals surface area contributed by atoms with Crippen LogP contribution in [-0.2, 0) is 16.0 Å². The van der Waals surface area contributed by atoms with Gasteiger partial charge in [0, 0.05) is 32.4 Å². The van der Waals surface area contributed by atoms with E-state index in [0.717, 1.165) is 44.5 Å².